The molecule has 0 aliphatic heterocycles. The van der Waals surface area contributed by atoms with Crippen molar-refractivity contribution in [2.24, 2.45) is 0 Å². The predicted octanol–water partition coefficient (Wildman–Crippen LogP) is 2.92. The molecule has 0 aromatic heterocycles. The summed E-state index contributed by atoms with van der Waals surface area (Å²) in [5.74, 6) is 2.10. The predicted molar refractivity (Wildman–Crippen MR) is 69.5 cm³/mol. The molecule has 0 aliphatic rings. The maximum atomic E-state index is 5.63. The van der Waals surface area contributed by atoms with Gasteiger partial charge in [-0.25, -0.2) is 0 Å². The van der Waals surface area contributed by atoms with Crippen LogP contribution in [0.25, 0.3) is 0 Å². The van der Waals surface area contributed by atoms with Crippen LogP contribution < -0.4 is 19.5 Å². The normalized spacial score (nSPS) is 9.88. The van der Waals surface area contributed by atoms with E-state index < -0.39 is 0 Å². The van der Waals surface area contributed by atoms with Crippen molar-refractivity contribution in [3.05, 3.63) is 12.1 Å². The molecule has 17 heavy (non-hydrogen) atoms. The molecule has 0 unspecified atom stereocenters. The average Bonchev–Trinajstić information content (AvgIpc) is 2.34. The van der Waals surface area contributed by atoms with Gasteiger partial charge in [0.25, 0.3) is 0 Å². The van der Waals surface area contributed by atoms with Crippen LogP contribution in [-0.4, -0.2) is 26.9 Å². The fourth-order valence-corrected chi connectivity index (χ4v) is 1.58. The van der Waals surface area contributed by atoms with Gasteiger partial charge in [0.15, 0.2) is 11.5 Å². The first-order valence-corrected chi connectivity index (χ1v) is 6.01. The highest BCUT2D eigenvalue weighted by molar-refractivity contribution is 5.67. The second kappa shape index (κ2) is 6.89. The lowest BCUT2D eigenvalue weighted by molar-refractivity contribution is 0.261. The van der Waals surface area contributed by atoms with Crippen LogP contribution in [0.2, 0.25) is 0 Å². The number of ether oxygens (including phenoxy) is 3. The number of anilines is 1. The minimum atomic E-state index is 0.577. The minimum Gasteiger partial charge on any atom is -0.490 e. The first-order valence-electron chi connectivity index (χ1n) is 6.01. The number of nitrogens with one attached hydrogen (secondary N) is 1. The van der Waals surface area contributed by atoms with Crippen LogP contribution >= 0.6 is 0 Å². The topological polar surface area (TPSA) is 39.7 Å². The van der Waals surface area contributed by atoms with Gasteiger partial charge in [-0.05, 0) is 32.9 Å². The van der Waals surface area contributed by atoms with Gasteiger partial charge in [0.2, 0.25) is 5.75 Å². The molecule has 0 atom stereocenters. The molecular formula is C13H21NO3. The summed E-state index contributed by atoms with van der Waals surface area (Å²) in [5.41, 5.74) is 0.902. The standard InChI is InChI=1S/C13H21NO3/c1-5-15-11-9-8-10(14-4)12(16-6-2)13(11)17-7-3/h8-9,14H,5-7H2,1-4H3. The molecule has 0 saturated heterocycles. The van der Waals surface area contributed by atoms with Crippen molar-refractivity contribution < 1.29 is 14.2 Å². The molecule has 0 bridgehead atoms. The Kier molecular flexibility index (Phi) is 5.46. The van der Waals surface area contributed by atoms with Crippen LogP contribution in [0.15, 0.2) is 12.1 Å². The molecule has 1 aromatic rings. The Morgan fingerprint density at radius 2 is 1.47 bits per heavy atom. The summed E-state index contributed by atoms with van der Waals surface area (Å²) < 4.78 is 16.8. The maximum absolute atomic E-state index is 5.63. The zero-order valence-electron chi connectivity index (χ0n) is 11.0. The monoisotopic (exact) mass is 239 g/mol. The molecule has 1 aromatic carbocycles. The number of rotatable bonds is 7. The maximum Gasteiger partial charge on any atom is 0.205 e. The van der Waals surface area contributed by atoms with Gasteiger partial charge in [0, 0.05) is 7.05 Å². The number of benzene rings is 1. The third-order valence-corrected chi connectivity index (χ3v) is 2.22. The summed E-state index contributed by atoms with van der Waals surface area (Å²) in [6.45, 7) is 7.60. The molecule has 1 N–H and O–H groups in total. The van der Waals surface area contributed by atoms with E-state index in [2.05, 4.69) is 5.32 Å². The van der Waals surface area contributed by atoms with Crippen LogP contribution in [0.4, 0.5) is 5.69 Å². The molecule has 4 nitrogen and oxygen atoms in total. The van der Waals surface area contributed by atoms with E-state index in [4.69, 9.17) is 14.2 Å². The van der Waals surface area contributed by atoms with Gasteiger partial charge in [-0.1, -0.05) is 0 Å². The summed E-state index contributed by atoms with van der Waals surface area (Å²) in [6.07, 6.45) is 0. The van der Waals surface area contributed by atoms with Crippen LogP contribution in [0.3, 0.4) is 0 Å². The van der Waals surface area contributed by atoms with E-state index in [9.17, 15) is 0 Å². The highest BCUT2D eigenvalue weighted by Gasteiger charge is 2.16. The van der Waals surface area contributed by atoms with Crippen molar-refractivity contribution in [3.8, 4) is 17.2 Å². The molecule has 1 rings (SSSR count). The average molecular weight is 239 g/mol. The van der Waals surface area contributed by atoms with E-state index >= 15 is 0 Å². The van der Waals surface area contributed by atoms with Gasteiger partial charge in [-0.3, -0.25) is 0 Å². The van der Waals surface area contributed by atoms with Crippen LogP contribution in [0, 0.1) is 0 Å². The minimum absolute atomic E-state index is 0.577. The Balaban J connectivity index is 3.20. The van der Waals surface area contributed by atoms with Crippen molar-refractivity contribution in [3.63, 3.8) is 0 Å². The van der Waals surface area contributed by atoms with Gasteiger partial charge in [0.05, 0.1) is 25.5 Å². The van der Waals surface area contributed by atoms with Gasteiger partial charge in [-0.2, -0.15) is 0 Å². The first kappa shape index (κ1) is 13.5. The molecule has 4 heteroatoms. The lowest BCUT2D eigenvalue weighted by Crippen LogP contribution is -2.04. The van der Waals surface area contributed by atoms with Crippen LogP contribution in [0.5, 0.6) is 17.2 Å². The molecule has 0 heterocycles. The van der Waals surface area contributed by atoms with Crippen molar-refractivity contribution in [2.45, 2.75) is 20.8 Å². The lowest BCUT2D eigenvalue weighted by atomic mass is 10.2. The zero-order chi connectivity index (χ0) is 12.7. The highest BCUT2D eigenvalue weighted by atomic mass is 16.5. The van der Waals surface area contributed by atoms with Crippen molar-refractivity contribution in [2.75, 3.05) is 32.2 Å². The van der Waals surface area contributed by atoms with E-state index in [0.29, 0.717) is 31.3 Å². The van der Waals surface area contributed by atoms with E-state index in [1.807, 2.05) is 40.0 Å². The third-order valence-electron chi connectivity index (χ3n) is 2.22. The van der Waals surface area contributed by atoms with E-state index in [1.165, 1.54) is 0 Å². The molecule has 96 valence electrons. The summed E-state index contributed by atoms with van der Waals surface area (Å²) in [7, 11) is 1.86. The van der Waals surface area contributed by atoms with E-state index in [-0.39, 0.29) is 0 Å². The van der Waals surface area contributed by atoms with Gasteiger partial charge < -0.3 is 19.5 Å². The van der Waals surface area contributed by atoms with Crippen molar-refractivity contribution in [1.29, 1.82) is 0 Å². The summed E-state index contributed by atoms with van der Waals surface area (Å²) in [4.78, 5) is 0. The van der Waals surface area contributed by atoms with Gasteiger partial charge >= 0.3 is 0 Å². The Morgan fingerprint density at radius 1 is 0.882 bits per heavy atom. The second-order valence-electron chi connectivity index (χ2n) is 3.32. The molecule has 0 radical (unpaired) electrons. The molecule has 0 aliphatic carbocycles. The fourth-order valence-electron chi connectivity index (χ4n) is 1.58. The van der Waals surface area contributed by atoms with Gasteiger partial charge in [-0.15, -0.1) is 0 Å². The smallest absolute Gasteiger partial charge is 0.205 e. The molecule has 0 saturated carbocycles. The molecule has 0 fully saturated rings. The van der Waals surface area contributed by atoms with Crippen LogP contribution in [0.1, 0.15) is 20.8 Å². The van der Waals surface area contributed by atoms with Crippen molar-refractivity contribution >= 4 is 5.69 Å². The Labute approximate surface area is 103 Å². The molecule has 0 amide bonds. The van der Waals surface area contributed by atoms with E-state index in [1.54, 1.807) is 0 Å². The van der Waals surface area contributed by atoms with Gasteiger partial charge in [0.1, 0.15) is 0 Å². The third kappa shape index (κ3) is 3.19. The zero-order valence-corrected chi connectivity index (χ0v) is 11.0. The highest BCUT2D eigenvalue weighted by Crippen LogP contribution is 2.43. The quantitative estimate of drug-likeness (QED) is 0.794. The Bertz CT molecular complexity index is 353. The molecule has 0 spiro atoms. The number of hydrogen-bond acceptors (Lipinski definition) is 4. The summed E-state index contributed by atoms with van der Waals surface area (Å²) in [5, 5.41) is 3.09. The Hall–Kier alpha value is -1.58. The largest absolute Gasteiger partial charge is 0.490 e. The van der Waals surface area contributed by atoms with E-state index in [0.717, 1.165) is 11.4 Å². The first-order chi connectivity index (χ1) is 8.28. The van der Waals surface area contributed by atoms with Crippen LogP contribution in [-0.2, 0) is 0 Å². The fraction of sp³-hybridized carbons (Fsp3) is 0.538. The Morgan fingerprint density at radius 3 is 2.00 bits per heavy atom. The summed E-state index contributed by atoms with van der Waals surface area (Å²) >= 11 is 0. The molecular weight excluding hydrogens is 218 g/mol. The summed E-state index contributed by atoms with van der Waals surface area (Å²) in [6, 6.07) is 3.82. The van der Waals surface area contributed by atoms with Crippen molar-refractivity contribution in [1.82, 2.24) is 0 Å². The second-order valence-corrected chi connectivity index (χ2v) is 3.32. The number of hydrogen-bond donors (Lipinski definition) is 1. The lowest BCUT2D eigenvalue weighted by Gasteiger charge is -2.18. The SMILES string of the molecule is CCOc1ccc(NC)c(OCC)c1OCC.